The molecule has 1 aliphatic rings. The number of hydrogen-bond donors (Lipinski definition) is 1. The summed E-state index contributed by atoms with van der Waals surface area (Å²) >= 11 is 0. The quantitative estimate of drug-likeness (QED) is 0.899. The lowest BCUT2D eigenvalue weighted by Gasteiger charge is -2.33. The standard InChI is InChI=1S/C17H29NO2/c1-8-18-15(13-9-11(2)19-12(13)3)14-10-16(4,5)20-17(14,6)7/h9,14-15,18H,8,10H2,1-7H3. The Kier molecular flexibility index (Phi) is 4.05. The first-order valence-electron chi connectivity index (χ1n) is 7.67. The molecule has 1 aromatic rings. The second-order valence-electron chi connectivity index (χ2n) is 7.18. The highest BCUT2D eigenvalue weighted by Crippen LogP contribution is 2.48. The third-order valence-corrected chi connectivity index (χ3v) is 4.38. The van der Waals surface area contributed by atoms with E-state index in [0.717, 1.165) is 24.5 Å². The molecule has 0 amide bonds. The van der Waals surface area contributed by atoms with Gasteiger partial charge in [0.05, 0.1) is 11.2 Å². The molecule has 20 heavy (non-hydrogen) atoms. The van der Waals surface area contributed by atoms with Crippen LogP contribution in [0.5, 0.6) is 0 Å². The molecule has 3 nitrogen and oxygen atoms in total. The van der Waals surface area contributed by atoms with Gasteiger partial charge in [0.15, 0.2) is 0 Å². The van der Waals surface area contributed by atoms with Crippen molar-refractivity contribution in [2.24, 2.45) is 5.92 Å². The van der Waals surface area contributed by atoms with Crippen molar-refractivity contribution in [1.29, 1.82) is 0 Å². The first-order chi connectivity index (χ1) is 9.16. The molecule has 0 aromatic carbocycles. The van der Waals surface area contributed by atoms with Crippen LogP contribution in [-0.4, -0.2) is 17.7 Å². The molecule has 0 bridgehead atoms. The monoisotopic (exact) mass is 279 g/mol. The molecule has 1 saturated heterocycles. The van der Waals surface area contributed by atoms with Gasteiger partial charge in [0, 0.05) is 17.5 Å². The van der Waals surface area contributed by atoms with Crippen molar-refractivity contribution in [3.63, 3.8) is 0 Å². The fourth-order valence-electron chi connectivity index (χ4n) is 3.77. The Bertz CT molecular complexity index is 473. The van der Waals surface area contributed by atoms with Crippen LogP contribution < -0.4 is 5.32 Å². The second kappa shape index (κ2) is 5.19. The molecule has 2 atom stereocenters. The van der Waals surface area contributed by atoms with Gasteiger partial charge in [-0.2, -0.15) is 0 Å². The van der Waals surface area contributed by atoms with E-state index in [4.69, 9.17) is 9.15 Å². The summed E-state index contributed by atoms with van der Waals surface area (Å²) in [6.07, 6.45) is 1.06. The molecule has 0 spiro atoms. The van der Waals surface area contributed by atoms with Gasteiger partial charge in [-0.1, -0.05) is 6.92 Å². The molecule has 0 saturated carbocycles. The van der Waals surface area contributed by atoms with Crippen LogP contribution in [0, 0.1) is 19.8 Å². The molecule has 1 fully saturated rings. The number of nitrogens with one attached hydrogen (secondary N) is 1. The average molecular weight is 279 g/mol. The summed E-state index contributed by atoms with van der Waals surface area (Å²) in [7, 11) is 0. The summed E-state index contributed by atoms with van der Waals surface area (Å²) in [5.41, 5.74) is 1.09. The largest absolute Gasteiger partial charge is 0.466 e. The van der Waals surface area contributed by atoms with E-state index < -0.39 is 0 Å². The predicted octanol–water partition coefficient (Wildman–Crippen LogP) is 4.14. The van der Waals surface area contributed by atoms with E-state index in [0.29, 0.717) is 5.92 Å². The van der Waals surface area contributed by atoms with Crippen LogP contribution in [0.25, 0.3) is 0 Å². The summed E-state index contributed by atoms with van der Waals surface area (Å²) in [5.74, 6) is 2.44. The number of rotatable bonds is 4. The molecule has 0 radical (unpaired) electrons. The van der Waals surface area contributed by atoms with Gasteiger partial charge in [-0.15, -0.1) is 0 Å². The topological polar surface area (TPSA) is 34.4 Å². The van der Waals surface area contributed by atoms with Gasteiger partial charge >= 0.3 is 0 Å². The summed E-state index contributed by atoms with van der Waals surface area (Å²) in [5, 5.41) is 3.65. The normalized spacial score (nSPS) is 25.9. The highest BCUT2D eigenvalue weighted by molar-refractivity contribution is 5.26. The smallest absolute Gasteiger partial charge is 0.105 e. The Labute approximate surface area is 123 Å². The lowest BCUT2D eigenvalue weighted by Crippen LogP contribution is -2.38. The van der Waals surface area contributed by atoms with Crippen LogP contribution in [0.1, 0.15) is 64.2 Å². The Morgan fingerprint density at radius 1 is 1.30 bits per heavy atom. The Balaban J connectivity index is 2.36. The second-order valence-corrected chi connectivity index (χ2v) is 7.18. The minimum Gasteiger partial charge on any atom is -0.466 e. The van der Waals surface area contributed by atoms with E-state index in [1.165, 1.54) is 5.56 Å². The third kappa shape index (κ3) is 2.94. The van der Waals surface area contributed by atoms with Gasteiger partial charge in [-0.05, 0) is 60.6 Å². The first-order valence-corrected chi connectivity index (χ1v) is 7.67. The van der Waals surface area contributed by atoms with Crippen LogP contribution in [0.3, 0.4) is 0 Å². The zero-order valence-corrected chi connectivity index (χ0v) is 14.0. The summed E-state index contributed by atoms with van der Waals surface area (Å²) < 4.78 is 12.0. The minimum absolute atomic E-state index is 0.0610. The summed E-state index contributed by atoms with van der Waals surface area (Å²) in [6, 6.07) is 2.46. The maximum atomic E-state index is 6.27. The van der Waals surface area contributed by atoms with Crippen LogP contribution in [0.2, 0.25) is 0 Å². The van der Waals surface area contributed by atoms with Crippen molar-refractivity contribution in [1.82, 2.24) is 5.32 Å². The van der Waals surface area contributed by atoms with Crippen molar-refractivity contribution in [3.8, 4) is 0 Å². The van der Waals surface area contributed by atoms with Crippen molar-refractivity contribution in [2.75, 3.05) is 6.54 Å². The number of hydrogen-bond acceptors (Lipinski definition) is 3. The molecule has 2 rings (SSSR count). The maximum Gasteiger partial charge on any atom is 0.105 e. The molecule has 1 N–H and O–H groups in total. The van der Waals surface area contributed by atoms with Gasteiger partial charge in [0.1, 0.15) is 11.5 Å². The molecule has 1 aromatic heterocycles. The van der Waals surface area contributed by atoms with Crippen LogP contribution in [0.15, 0.2) is 10.5 Å². The van der Waals surface area contributed by atoms with Gasteiger partial charge in [-0.25, -0.2) is 0 Å². The van der Waals surface area contributed by atoms with Gasteiger partial charge < -0.3 is 14.5 Å². The fourth-order valence-corrected chi connectivity index (χ4v) is 3.77. The van der Waals surface area contributed by atoms with Crippen LogP contribution >= 0.6 is 0 Å². The van der Waals surface area contributed by atoms with E-state index >= 15 is 0 Å². The summed E-state index contributed by atoms with van der Waals surface area (Å²) in [6.45, 7) is 16.0. The molecule has 2 heterocycles. The molecule has 1 aliphatic heterocycles. The van der Waals surface area contributed by atoms with E-state index in [9.17, 15) is 0 Å². The predicted molar refractivity (Wildman–Crippen MR) is 81.9 cm³/mol. The SMILES string of the molecule is CCNC(c1cc(C)oc1C)C1CC(C)(C)OC1(C)C. The van der Waals surface area contributed by atoms with Crippen molar-refractivity contribution in [3.05, 3.63) is 23.2 Å². The van der Waals surface area contributed by atoms with E-state index in [-0.39, 0.29) is 17.2 Å². The summed E-state index contributed by atoms with van der Waals surface area (Å²) in [4.78, 5) is 0. The van der Waals surface area contributed by atoms with E-state index in [2.05, 4.69) is 52.9 Å². The van der Waals surface area contributed by atoms with Crippen molar-refractivity contribution >= 4 is 0 Å². The van der Waals surface area contributed by atoms with Crippen LogP contribution in [-0.2, 0) is 4.74 Å². The highest BCUT2D eigenvalue weighted by atomic mass is 16.5. The lowest BCUT2D eigenvalue weighted by molar-refractivity contribution is -0.0778. The number of aryl methyl sites for hydroxylation is 2. The maximum absolute atomic E-state index is 6.27. The van der Waals surface area contributed by atoms with Crippen molar-refractivity contribution < 1.29 is 9.15 Å². The van der Waals surface area contributed by atoms with Gasteiger partial charge in [0.25, 0.3) is 0 Å². The van der Waals surface area contributed by atoms with E-state index in [1.807, 2.05) is 6.92 Å². The average Bonchev–Trinajstić information content (AvgIpc) is 2.71. The Morgan fingerprint density at radius 2 is 1.95 bits per heavy atom. The van der Waals surface area contributed by atoms with Crippen molar-refractivity contribution in [2.45, 2.75) is 72.1 Å². The minimum atomic E-state index is -0.131. The zero-order valence-electron chi connectivity index (χ0n) is 14.0. The Morgan fingerprint density at radius 3 is 2.35 bits per heavy atom. The fraction of sp³-hybridized carbons (Fsp3) is 0.765. The molecule has 3 heteroatoms. The van der Waals surface area contributed by atoms with Gasteiger partial charge in [0.2, 0.25) is 0 Å². The number of ether oxygens (including phenoxy) is 1. The third-order valence-electron chi connectivity index (χ3n) is 4.38. The lowest BCUT2D eigenvalue weighted by atomic mass is 9.79. The zero-order chi connectivity index (χ0) is 15.1. The molecule has 114 valence electrons. The van der Waals surface area contributed by atoms with E-state index in [1.54, 1.807) is 0 Å². The first kappa shape index (κ1) is 15.6. The molecular weight excluding hydrogens is 250 g/mol. The van der Waals surface area contributed by atoms with Gasteiger partial charge in [-0.3, -0.25) is 0 Å². The van der Waals surface area contributed by atoms with Crippen LogP contribution in [0.4, 0.5) is 0 Å². The molecule has 2 unspecified atom stereocenters. The molecule has 0 aliphatic carbocycles. The number of furan rings is 1. The Hall–Kier alpha value is -0.800. The molecular formula is C17H29NO2. The highest BCUT2D eigenvalue weighted by Gasteiger charge is 2.49.